The zero-order valence-corrected chi connectivity index (χ0v) is 11.3. The number of hydrogen-bond acceptors (Lipinski definition) is 6. The molecule has 0 aromatic heterocycles. The Morgan fingerprint density at radius 2 is 1.83 bits per heavy atom. The predicted octanol–water partition coefficient (Wildman–Crippen LogP) is -0.271. The molecule has 0 spiro atoms. The lowest BCUT2D eigenvalue weighted by atomic mass is 10.2. The van der Waals surface area contributed by atoms with Crippen LogP contribution in [0.5, 0.6) is 0 Å². The monoisotopic (exact) mass is 258 g/mol. The third-order valence-corrected chi connectivity index (χ3v) is 3.27. The van der Waals surface area contributed by atoms with Crippen LogP contribution in [0.4, 0.5) is 0 Å². The maximum Gasteiger partial charge on any atom is 0.319 e. The van der Waals surface area contributed by atoms with Gasteiger partial charge in [-0.2, -0.15) is 0 Å². The topological polar surface area (TPSA) is 59.1 Å². The van der Waals surface area contributed by atoms with E-state index in [1.54, 1.807) is 0 Å². The first kappa shape index (κ1) is 14.9. The van der Waals surface area contributed by atoms with E-state index in [2.05, 4.69) is 26.2 Å². The van der Waals surface area contributed by atoms with E-state index in [1.807, 2.05) is 0 Å². The van der Waals surface area contributed by atoms with Crippen molar-refractivity contribution >= 4 is 11.9 Å². The zero-order chi connectivity index (χ0) is 13.5. The normalized spacial score (nSPS) is 21.6. The Bertz CT molecular complexity index is 296. The van der Waals surface area contributed by atoms with Gasteiger partial charge < -0.3 is 9.47 Å². The minimum Gasteiger partial charge on any atom is -0.469 e. The van der Waals surface area contributed by atoms with E-state index in [4.69, 9.17) is 0 Å². The average molecular weight is 258 g/mol. The first-order chi connectivity index (χ1) is 8.56. The summed E-state index contributed by atoms with van der Waals surface area (Å²) in [4.78, 5) is 26.6. The summed E-state index contributed by atoms with van der Waals surface area (Å²) in [5.74, 6) is -0.385. The molecule has 0 aliphatic carbocycles. The van der Waals surface area contributed by atoms with Crippen molar-refractivity contribution in [2.75, 3.05) is 46.9 Å². The number of hydrogen-bond donors (Lipinski definition) is 0. The third-order valence-electron chi connectivity index (χ3n) is 3.27. The van der Waals surface area contributed by atoms with Crippen LogP contribution < -0.4 is 0 Å². The fraction of sp³-hybridized carbons (Fsp3) is 0.833. The van der Waals surface area contributed by atoms with E-state index in [0.29, 0.717) is 19.5 Å². The van der Waals surface area contributed by atoms with E-state index in [1.165, 1.54) is 14.2 Å². The van der Waals surface area contributed by atoms with Crippen LogP contribution in [0.1, 0.15) is 13.3 Å². The van der Waals surface area contributed by atoms with Gasteiger partial charge in [0.2, 0.25) is 0 Å². The lowest BCUT2D eigenvalue weighted by Crippen LogP contribution is -2.53. The molecule has 0 N–H and O–H groups in total. The van der Waals surface area contributed by atoms with E-state index in [-0.39, 0.29) is 18.0 Å². The molecule has 1 aliphatic heterocycles. The van der Waals surface area contributed by atoms with E-state index < -0.39 is 0 Å². The Morgan fingerprint density at radius 3 is 2.39 bits per heavy atom. The fourth-order valence-corrected chi connectivity index (χ4v) is 2.09. The molecule has 0 aromatic rings. The van der Waals surface area contributed by atoms with Gasteiger partial charge in [0.05, 0.1) is 27.2 Å². The maximum absolute atomic E-state index is 11.2. The van der Waals surface area contributed by atoms with Gasteiger partial charge in [-0.05, 0) is 6.92 Å². The molecule has 0 saturated carbocycles. The van der Waals surface area contributed by atoms with Crippen molar-refractivity contribution in [2.24, 2.45) is 0 Å². The molecule has 1 rings (SSSR count). The highest BCUT2D eigenvalue weighted by Crippen LogP contribution is 2.09. The number of carbonyl (C=O) groups excluding carboxylic acids is 2. The SMILES string of the molecule is COC(=O)CCN1CCN(CC(=O)OC)[C@H](C)C1. The van der Waals surface area contributed by atoms with Crippen molar-refractivity contribution in [1.29, 1.82) is 0 Å². The van der Waals surface area contributed by atoms with Crippen molar-refractivity contribution in [3.63, 3.8) is 0 Å². The highest BCUT2D eigenvalue weighted by molar-refractivity contribution is 5.71. The summed E-state index contributed by atoms with van der Waals surface area (Å²) in [6, 6.07) is 0.287. The Kier molecular flexibility index (Phi) is 6.07. The molecule has 1 atom stereocenters. The van der Waals surface area contributed by atoms with Crippen LogP contribution in [-0.4, -0.2) is 74.7 Å². The lowest BCUT2D eigenvalue weighted by Gasteiger charge is -2.39. The van der Waals surface area contributed by atoms with Gasteiger partial charge in [0.15, 0.2) is 0 Å². The summed E-state index contributed by atoms with van der Waals surface area (Å²) in [5, 5.41) is 0. The van der Waals surface area contributed by atoms with Crippen LogP contribution in [0.3, 0.4) is 0 Å². The summed E-state index contributed by atoms with van der Waals surface area (Å²) in [6.45, 7) is 5.66. The Morgan fingerprint density at radius 1 is 1.17 bits per heavy atom. The van der Waals surface area contributed by atoms with Gasteiger partial charge >= 0.3 is 11.9 Å². The van der Waals surface area contributed by atoms with Crippen LogP contribution in [0.15, 0.2) is 0 Å². The summed E-state index contributed by atoms with van der Waals surface area (Å²) >= 11 is 0. The van der Waals surface area contributed by atoms with Crippen molar-refractivity contribution in [1.82, 2.24) is 9.80 Å². The number of ether oxygens (including phenoxy) is 2. The molecule has 0 unspecified atom stereocenters. The second-order valence-electron chi connectivity index (χ2n) is 4.52. The first-order valence-corrected chi connectivity index (χ1v) is 6.17. The number of esters is 2. The molecule has 0 radical (unpaired) electrons. The zero-order valence-electron chi connectivity index (χ0n) is 11.3. The largest absolute Gasteiger partial charge is 0.469 e. The quantitative estimate of drug-likeness (QED) is 0.633. The number of methoxy groups -OCH3 is 2. The van der Waals surface area contributed by atoms with E-state index in [9.17, 15) is 9.59 Å². The van der Waals surface area contributed by atoms with Crippen molar-refractivity contribution in [3.05, 3.63) is 0 Å². The Labute approximate surface area is 108 Å². The minimum atomic E-state index is -0.204. The average Bonchev–Trinajstić information content (AvgIpc) is 2.38. The van der Waals surface area contributed by atoms with Gasteiger partial charge in [-0.1, -0.05) is 0 Å². The highest BCUT2D eigenvalue weighted by atomic mass is 16.5. The number of piperazine rings is 1. The van der Waals surface area contributed by atoms with Gasteiger partial charge in [-0.15, -0.1) is 0 Å². The molecule has 18 heavy (non-hydrogen) atoms. The van der Waals surface area contributed by atoms with Gasteiger partial charge in [0, 0.05) is 32.2 Å². The smallest absolute Gasteiger partial charge is 0.319 e. The summed E-state index contributed by atoms with van der Waals surface area (Å²) < 4.78 is 9.29. The molecule has 0 aromatic carbocycles. The van der Waals surface area contributed by atoms with Crippen LogP contribution in [-0.2, 0) is 19.1 Å². The Balaban J connectivity index is 2.31. The van der Waals surface area contributed by atoms with Gasteiger partial charge in [0.1, 0.15) is 0 Å². The lowest BCUT2D eigenvalue weighted by molar-refractivity contribution is -0.143. The molecule has 104 valence electrons. The van der Waals surface area contributed by atoms with Gasteiger partial charge in [0.25, 0.3) is 0 Å². The molecular weight excluding hydrogens is 236 g/mol. The molecule has 6 heteroatoms. The van der Waals surface area contributed by atoms with E-state index >= 15 is 0 Å². The molecule has 1 fully saturated rings. The molecule has 0 amide bonds. The predicted molar refractivity (Wildman–Crippen MR) is 66.1 cm³/mol. The molecule has 1 saturated heterocycles. The summed E-state index contributed by atoms with van der Waals surface area (Å²) in [6.07, 6.45) is 0.417. The van der Waals surface area contributed by atoms with Gasteiger partial charge in [-0.25, -0.2) is 0 Å². The highest BCUT2D eigenvalue weighted by Gasteiger charge is 2.25. The molecule has 1 heterocycles. The van der Waals surface area contributed by atoms with Crippen molar-refractivity contribution < 1.29 is 19.1 Å². The second-order valence-corrected chi connectivity index (χ2v) is 4.52. The second kappa shape index (κ2) is 7.33. The standard InChI is InChI=1S/C12H22N2O4/c1-10-8-13(5-4-11(15)17-2)6-7-14(10)9-12(16)18-3/h10H,4-9H2,1-3H3/t10-/m1/s1. The Hall–Kier alpha value is -1.14. The van der Waals surface area contributed by atoms with Crippen LogP contribution in [0, 0.1) is 0 Å². The van der Waals surface area contributed by atoms with Crippen LogP contribution in [0.2, 0.25) is 0 Å². The number of carbonyl (C=O) groups is 2. The molecule has 1 aliphatic rings. The fourth-order valence-electron chi connectivity index (χ4n) is 2.09. The number of nitrogens with zero attached hydrogens (tertiary/aromatic N) is 2. The summed E-state index contributed by atoms with van der Waals surface area (Å²) in [7, 11) is 2.80. The van der Waals surface area contributed by atoms with Crippen molar-refractivity contribution in [2.45, 2.75) is 19.4 Å². The number of rotatable bonds is 5. The molecule has 0 bridgehead atoms. The van der Waals surface area contributed by atoms with E-state index in [0.717, 1.165) is 19.6 Å². The van der Waals surface area contributed by atoms with Gasteiger partial charge in [-0.3, -0.25) is 19.4 Å². The molecular formula is C12H22N2O4. The van der Waals surface area contributed by atoms with Crippen LogP contribution in [0.25, 0.3) is 0 Å². The maximum atomic E-state index is 11.2. The summed E-state index contributed by atoms with van der Waals surface area (Å²) in [5.41, 5.74) is 0. The minimum absolute atomic E-state index is 0.181. The van der Waals surface area contributed by atoms with Crippen LogP contribution >= 0.6 is 0 Å². The van der Waals surface area contributed by atoms with Crippen molar-refractivity contribution in [3.8, 4) is 0 Å². The first-order valence-electron chi connectivity index (χ1n) is 6.17. The third kappa shape index (κ3) is 4.62. The molecule has 6 nitrogen and oxygen atoms in total.